The van der Waals surface area contributed by atoms with Gasteiger partial charge in [0.05, 0.1) is 15.9 Å². The Bertz CT molecular complexity index is 1240. The van der Waals surface area contributed by atoms with Crippen LogP contribution in [0, 0.1) is 0 Å². The lowest BCUT2D eigenvalue weighted by molar-refractivity contribution is -0.122. The number of carbonyl (C=O) groups excluding carboxylic acids is 1. The summed E-state index contributed by atoms with van der Waals surface area (Å²) in [5.74, 6) is -0.326. The molecule has 0 saturated heterocycles. The minimum absolute atomic E-state index is 0.0151. The topological polar surface area (TPSA) is 93.4 Å². The van der Waals surface area contributed by atoms with Crippen LogP contribution in [0.4, 0.5) is 0 Å². The van der Waals surface area contributed by atoms with Crippen molar-refractivity contribution >= 4 is 27.0 Å². The van der Waals surface area contributed by atoms with Crippen LogP contribution >= 0.6 is 0 Å². The van der Waals surface area contributed by atoms with Crippen molar-refractivity contribution in [3.8, 4) is 0 Å². The van der Waals surface area contributed by atoms with E-state index in [1.54, 1.807) is 42.5 Å². The van der Waals surface area contributed by atoms with Crippen molar-refractivity contribution in [1.82, 2.24) is 18.8 Å². The molecule has 0 spiro atoms. The number of benzene rings is 2. The molecule has 3 aromatic rings. The summed E-state index contributed by atoms with van der Waals surface area (Å²) in [5, 5.41) is 2.93. The second-order valence-corrected chi connectivity index (χ2v) is 9.86. The first kappa shape index (κ1) is 24.7. The average molecular weight is 473 g/mol. The summed E-state index contributed by atoms with van der Waals surface area (Å²) in [6.07, 6.45) is 1.78. The monoisotopic (exact) mass is 472 g/mol. The summed E-state index contributed by atoms with van der Waals surface area (Å²) in [4.78, 5) is 28.3. The fourth-order valence-corrected chi connectivity index (χ4v) is 5.39. The van der Waals surface area contributed by atoms with E-state index in [0.29, 0.717) is 5.52 Å². The van der Waals surface area contributed by atoms with Crippen molar-refractivity contribution in [3.63, 3.8) is 0 Å². The van der Waals surface area contributed by atoms with Crippen LogP contribution < -0.4 is 11.0 Å². The van der Waals surface area contributed by atoms with Gasteiger partial charge in [-0.05, 0) is 63.7 Å². The lowest BCUT2D eigenvalue weighted by Gasteiger charge is -2.19. The van der Waals surface area contributed by atoms with E-state index in [4.69, 9.17) is 0 Å². The van der Waals surface area contributed by atoms with Crippen molar-refractivity contribution in [1.29, 1.82) is 0 Å². The standard InChI is InChI=1S/C24H32N4O4S/c1-4-26(5-2)17-11-12-19(3)25-23(29)18-27-21-15-9-10-16-22(21)28(24(27)30)33(31,32)20-13-7-6-8-14-20/h6-10,13-16,19H,4-5,11-12,17-18H2,1-3H3,(H,25,29). The maximum Gasteiger partial charge on any atom is 0.343 e. The lowest BCUT2D eigenvalue weighted by atomic mass is 10.1. The van der Waals surface area contributed by atoms with Crippen LogP contribution in [0.2, 0.25) is 0 Å². The van der Waals surface area contributed by atoms with E-state index in [9.17, 15) is 18.0 Å². The van der Waals surface area contributed by atoms with Gasteiger partial charge in [0.15, 0.2) is 0 Å². The van der Waals surface area contributed by atoms with Gasteiger partial charge < -0.3 is 10.2 Å². The van der Waals surface area contributed by atoms with Gasteiger partial charge in [0, 0.05) is 6.04 Å². The molecule has 0 radical (unpaired) electrons. The highest BCUT2D eigenvalue weighted by molar-refractivity contribution is 7.90. The van der Waals surface area contributed by atoms with E-state index in [1.165, 1.54) is 16.7 Å². The summed E-state index contributed by atoms with van der Waals surface area (Å²) in [7, 11) is -4.11. The Hall–Kier alpha value is -2.91. The predicted molar refractivity (Wildman–Crippen MR) is 130 cm³/mol. The highest BCUT2D eigenvalue weighted by Gasteiger charge is 2.25. The normalized spacial score (nSPS) is 12.8. The largest absolute Gasteiger partial charge is 0.352 e. The molecule has 1 heterocycles. The number of aromatic nitrogens is 2. The number of carbonyl (C=O) groups is 1. The van der Waals surface area contributed by atoms with Crippen LogP contribution in [-0.4, -0.2) is 53.4 Å². The van der Waals surface area contributed by atoms with E-state index in [1.807, 2.05) is 6.92 Å². The number of amides is 1. The van der Waals surface area contributed by atoms with Gasteiger partial charge in [0.2, 0.25) is 5.91 Å². The number of hydrogen-bond acceptors (Lipinski definition) is 5. The number of nitrogens with zero attached hydrogens (tertiary/aromatic N) is 3. The molecule has 0 aliphatic heterocycles. The Balaban J connectivity index is 1.81. The second kappa shape index (κ2) is 10.8. The molecular formula is C24H32N4O4S. The number of rotatable bonds is 11. The summed E-state index contributed by atoms with van der Waals surface area (Å²) in [5.41, 5.74) is -0.123. The molecule has 8 nitrogen and oxygen atoms in total. The fourth-order valence-electron chi connectivity index (χ4n) is 3.96. The van der Waals surface area contributed by atoms with Crippen LogP contribution in [-0.2, 0) is 21.4 Å². The maximum absolute atomic E-state index is 13.2. The SMILES string of the molecule is CCN(CC)CCCC(C)NC(=O)Cn1c(=O)n(S(=O)(=O)c2ccccc2)c2ccccc21. The molecule has 0 fully saturated rings. The molecule has 1 N–H and O–H groups in total. The first-order valence-electron chi connectivity index (χ1n) is 11.3. The van der Waals surface area contributed by atoms with Gasteiger partial charge in [-0.25, -0.2) is 13.2 Å². The Morgan fingerprint density at radius 2 is 1.61 bits per heavy atom. The van der Waals surface area contributed by atoms with Crippen molar-refractivity contribution < 1.29 is 13.2 Å². The molecule has 3 rings (SSSR count). The molecule has 2 aromatic carbocycles. The Morgan fingerprint density at radius 1 is 1.00 bits per heavy atom. The minimum atomic E-state index is -4.11. The van der Waals surface area contributed by atoms with Gasteiger partial charge >= 0.3 is 5.69 Å². The molecule has 0 bridgehead atoms. The molecule has 0 saturated carbocycles. The average Bonchev–Trinajstić information content (AvgIpc) is 3.09. The van der Waals surface area contributed by atoms with E-state index < -0.39 is 15.7 Å². The third-order valence-corrected chi connectivity index (χ3v) is 7.49. The van der Waals surface area contributed by atoms with Gasteiger partial charge in [-0.1, -0.05) is 44.2 Å². The third kappa shape index (κ3) is 5.54. The zero-order chi connectivity index (χ0) is 24.0. The Labute approximate surface area is 194 Å². The molecule has 1 unspecified atom stereocenters. The highest BCUT2D eigenvalue weighted by atomic mass is 32.2. The lowest BCUT2D eigenvalue weighted by Crippen LogP contribution is -2.38. The molecule has 0 aliphatic carbocycles. The molecule has 9 heteroatoms. The quantitative estimate of drug-likeness (QED) is 0.463. The van der Waals surface area contributed by atoms with Crippen molar-refractivity contribution in [2.24, 2.45) is 0 Å². The minimum Gasteiger partial charge on any atom is -0.352 e. The van der Waals surface area contributed by atoms with E-state index in [0.717, 1.165) is 36.4 Å². The fraction of sp³-hybridized carbons (Fsp3) is 0.417. The first-order chi connectivity index (χ1) is 15.8. The number of nitrogens with one attached hydrogen (secondary N) is 1. The van der Waals surface area contributed by atoms with Gasteiger partial charge in [0.1, 0.15) is 6.54 Å². The number of para-hydroxylation sites is 2. The number of imidazole rings is 1. The maximum atomic E-state index is 13.2. The molecular weight excluding hydrogens is 440 g/mol. The molecule has 178 valence electrons. The molecule has 1 atom stereocenters. The van der Waals surface area contributed by atoms with Gasteiger partial charge in [-0.3, -0.25) is 9.36 Å². The molecule has 1 aromatic heterocycles. The van der Waals surface area contributed by atoms with E-state index in [-0.39, 0.29) is 28.9 Å². The Morgan fingerprint density at radius 3 is 2.24 bits per heavy atom. The van der Waals surface area contributed by atoms with Crippen molar-refractivity contribution in [3.05, 3.63) is 65.1 Å². The van der Waals surface area contributed by atoms with Crippen LogP contribution in [0.5, 0.6) is 0 Å². The van der Waals surface area contributed by atoms with Crippen LogP contribution in [0.1, 0.15) is 33.6 Å². The zero-order valence-corrected chi connectivity index (χ0v) is 20.2. The number of fused-ring (bicyclic) bond motifs is 1. The third-order valence-electron chi connectivity index (χ3n) is 5.79. The van der Waals surface area contributed by atoms with Crippen LogP contribution in [0.25, 0.3) is 11.0 Å². The first-order valence-corrected chi connectivity index (χ1v) is 12.8. The van der Waals surface area contributed by atoms with Crippen molar-refractivity contribution in [2.75, 3.05) is 19.6 Å². The molecule has 0 aliphatic rings. The molecule has 1 amide bonds. The van der Waals surface area contributed by atoms with Crippen LogP contribution in [0.3, 0.4) is 0 Å². The molecule has 33 heavy (non-hydrogen) atoms. The smallest absolute Gasteiger partial charge is 0.343 e. The van der Waals surface area contributed by atoms with E-state index >= 15 is 0 Å². The predicted octanol–water partition coefficient (Wildman–Crippen LogP) is 2.67. The van der Waals surface area contributed by atoms with Crippen LogP contribution in [0.15, 0.2) is 64.3 Å². The summed E-state index contributed by atoms with van der Waals surface area (Å²) < 4.78 is 28.4. The van der Waals surface area contributed by atoms with Gasteiger partial charge in [-0.15, -0.1) is 0 Å². The van der Waals surface area contributed by atoms with Gasteiger partial charge in [0.25, 0.3) is 10.0 Å². The summed E-state index contributed by atoms with van der Waals surface area (Å²) in [6, 6.07) is 14.4. The Kier molecular flexibility index (Phi) is 8.10. The highest BCUT2D eigenvalue weighted by Crippen LogP contribution is 2.19. The van der Waals surface area contributed by atoms with Crippen molar-refractivity contribution in [2.45, 2.75) is 51.1 Å². The summed E-state index contributed by atoms with van der Waals surface area (Å²) in [6.45, 7) is 8.90. The number of hydrogen-bond donors (Lipinski definition) is 1. The second-order valence-electron chi connectivity index (χ2n) is 8.08. The summed E-state index contributed by atoms with van der Waals surface area (Å²) >= 11 is 0. The van der Waals surface area contributed by atoms with Gasteiger partial charge in [-0.2, -0.15) is 3.97 Å². The zero-order valence-electron chi connectivity index (χ0n) is 19.4. The van der Waals surface area contributed by atoms with E-state index in [2.05, 4.69) is 24.1 Å².